The molecule has 0 aliphatic heterocycles. The number of nitrogens with one attached hydrogen (secondary N) is 1. The fraction of sp³-hybridized carbons (Fsp3) is 0.0588. The molecule has 0 saturated heterocycles. The number of halogens is 2. The predicted molar refractivity (Wildman–Crippen MR) is 92.8 cm³/mol. The Morgan fingerprint density at radius 3 is 2.65 bits per heavy atom. The Kier molecular flexibility index (Phi) is 4.24. The molecule has 3 aromatic rings. The Morgan fingerprint density at radius 2 is 1.91 bits per heavy atom. The quantitative estimate of drug-likeness (QED) is 0.712. The van der Waals surface area contributed by atoms with Gasteiger partial charge in [-0.05, 0) is 18.2 Å². The Morgan fingerprint density at radius 1 is 1.13 bits per heavy atom. The fourth-order valence-corrected chi connectivity index (χ4v) is 2.71. The largest absolute Gasteiger partial charge is 0.495 e. The van der Waals surface area contributed by atoms with Gasteiger partial charge in [-0.15, -0.1) is 0 Å². The molecule has 1 N–H and O–H groups in total. The minimum absolute atomic E-state index is 0.412. The van der Waals surface area contributed by atoms with E-state index in [1.807, 2.05) is 24.3 Å². The molecule has 0 amide bonds. The molecule has 0 aliphatic rings. The summed E-state index contributed by atoms with van der Waals surface area (Å²) in [6.45, 7) is 0. The van der Waals surface area contributed by atoms with Gasteiger partial charge in [0.2, 0.25) is 0 Å². The minimum atomic E-state index is 0.412. The van der Waals surface area contributed by atoms with Gasteiger partial charge in [0.1, 0.15) is 17.6 Å². The normalized spacial score (nSPS) is 10.3. The summed E-state index contributed by atoms with van der Waals surface area (Å²) in [6, 6.07) is 14.8. The molecule has 0 atom stereocenters. The smallest absolute Gasteiger partial charge is 0.149 e. The highest BCUT2D eigenvalue weighted by atomic mass is 35.5. The van der Waals surface area contributed by atoms with Crippen LogP contribution in [0.15, 0.2) is 42.5 Å². The first-order valence-electron chi connectivity index (χ1n) is 6.72. The van der Waals surface area contributed by atoms with Crippen LogP contribution in [0.2, 0.25) is 10.0 Å². The number of aromatic nitrogens is 1. The Bertz CT molecular complexity index is 935. The van der Waals surface area contributed by atoms with Crippen LogP contribution in [-0.4, -0.2) is 12.1 Å². The molecule has 6 heteroatoms. The van der Waals surface area contributed by atoms with Crippen LogP contribution in [0.25, 0.3) is 10.9 Å². The molecular weight excluding hydrogens is 333 g/mol. The number of para-hydroxylation sites is 1. The number of rotatable bonds is 3. The van der Waals surface area contributed by atoms with Gasteiger partial charge >= 0.3 is 0 Å². The SMILES string of the molecule is COc1cc(Nc2nc3ccccc3cc2C#N)c(Cl)cc1Cl. The van der Waals surface area contributed by atoms with Crippen LogP contribution in [-0.2, 0) is 0 Å². The van der Waals surface area contributed by atoms with Crippen molar-refractivity contribution in [1.82, 2.24) is 4.98 Å². The summed E-state index contributed by atoms with van der Waals surface area (Å²) in [7, 11) is 1.52. The Labute approximate surface area is 143 Å². The lowest BCUT2D eigenvalue weighted by molar-refractivity contribution is 0.415. The Hall–Kier alpha value is -2.48. The molecule has 0 aliphatic carbocycles. The van der Waals surface area contributed by atoms with Crippen molar-refractivity contribution in [3.63, 3.8) is 0 Å². The van der Waals surface area contributed by atoms with E-state index in [4.69, 9.17) is 27.9 Å². The Balaban J connectivity index is 2.09. The second-order valence-electron chi connectivity index (χ2n) is 4.78. The molecule has 0 fully saturated rings. The first-order valence-corrected chi connectivity index (χ1v) is 7.48. The topological polar surface area (TPSA) is 57.9 Å². The number of methoxy groups -OCH3 is 1. The number of pyridine rings is 1. The number of nitrogens with zero attached hydrogens (tertiary/aromatic N) is 2. The maximum Gasteiger partial charge on any atom is 0.149 e. The van der Waals surface area contributed by atoms with Crippen molar-refractivity contribution in [2.45, 2.75) is 0 Å². The lowest BCUT2D eigenvalue weighted by Crippen LogP contribution is -1.99. The van der Waals surface area contributed by atoms with E-state index in [1.54, 1.807) is 18.2 Å². The van der Waals surface area contributed by atoms with Crippen molar-refractivity contribution in [2.75, 3.05) is 12.4 Å². The van der Waals surface area contributed by atoms with Crippen LogP contribution < -0.4 is 10.1 Å². The maximum atomic E-state index is 9.36. The molecule has 23 heavy (non-hydrogen) atoms. The molecule has 2 aromatic carbocycles. The van der Waals surface area contributed by atoms with E-state index < -0.39 is 0 Å². The average molecular weight is 344 g/mol. The van der Waals surface area contributed by atoms with Crippen molar-refractivity contribution in [3.05, 3.63) is 58.1 Å². The molecule has 0 bridgehead atoms. The number of anilines is 2. The van der Waals surface area contributed by atoms with Crippen LogP contribution in [0.3, 0.4) is 0 Å². The van der Waals surface area contributed by atoms with E-state index in [1.165, 1.54) is 7.11 Å². The first-order chi connectivity index (χ1) is 11.1. The van der Waals surface area contributed by atoms with Crippen molar-refractivity contribution < 1.29 is 4.74 Å². The highest BCUT2D eigenvalue weighted by Crippen LogP contribution is 2.36. The van der Waals surface area contributed by atoms with E-state index in [0.29, 0.717) is 32.9 Å². The monoisotopic (exact) mass is 343 g/mol. The zero-order chi connectivity index (χ0) is 16.4. The molecule has 0 radical (unpaired) electrons. The summed E-state index contributed by atoms with van der Waals surface area (Å²) in [5.41, 5.74) is 1.77. The third kappa shape index (κ3) is 3.02. The molecule has 0 spiro atoms. The number of hydrogen-bond donors (Lipinski definition) is 1. The maximum absolute atomic E-state index is 9.36. The van der Waals surface area contributed by atoms with Crippen molar-refractivity contribution in [2.24, 2.45) is 0 Å². The molecule has 0 unspecified atom stereocenters. The molecule has 1 heterocycles. The van der Waals surface area contributed by atoms with E-state index in [2.05, 4.69) is 16.4 Å². The third-order valence-corrected chi connectivity index (χ3v) is 3.95. The average Bonchev–Trinajstić information content (AvgIpc) is 2.56. The molecule has 4 nitrogen and oxygen atoms in total. The van der Waals surface area contributed by atoms with Gasteiger partial charge < -0.3 is 10.1 Å². The van der Waals surface area contributed by atoms with E-state index >= 15 is 0 Å². The van der Waals surface area contributed by atoms with Gasteiger partial charge in [0.15, 0.2) is 0 Å². The summed E-state index contributed by atoms with van der Waals surface area (Å²) in [5.74, 6) is 0.912. The van der Waals surface area contributed by atoms with E-state index in [9.17, 15) is 5.26 Å². The number of nitriles is 1. The van der Waals surface area contributed by atoms with Crippen LogP contribution in [0.4, 0.5) is 11.5 Å². The third-order valence-electron chi connectivity index (χ3n) is 3.34. The van der Waals surface area contributed by atoms with Gasteiger partial charge in [-0.3, -0.25) is 0 Å². The summed E-state index contributed by atoms with van der Waals surface area (Å²) >= 11 is 12.2. The molecular formula is C17H11Cl2N3O. The van der Waals surface area contributed by atoms with Crippen LogP contribution in [0, 0.1) is 11.3 Å². The highest BCUT2D eigenvalue weighted by molar-refractivity contribution is 6.37. The summed E-state index contributed by atoms with van der Waals surface area (Å²) in [6.07, 6.45) is 0. The summed E-state index contributed by atoms with van der Waals surface area (Å²) < 4.78 is 5.19. The molecule has 3 rings (SSSR count). The zero-order valence-corrected chi connectivity index (χ0v) is 13.6. The molecule has 1 aromatic heterocycles. The van der Waals surface area contributed by atoms with Gasteiger partial charge in [0.05, 0.1) is 33.9 Å². The highest BCUT2D eigenvalue weighted by Gasteiger charge is 2.12. The van der Waals surface area contributed by atoms with Crippen LogP contribution in [0.1, 0.15) is 5.56 Å². The van der Waals surface area contributed by atoms with Crippen LogP contribution in [0.5, 0.6) is 5.75 Å². The van der Waals surface area contributed by atoms with Gasteiger partial charge in [0, 0.05) is 11.5 Å². The summed E-state index contributed by atoms with van der Waals surface area (Å²) in [5, 5.41) is 14.2. The van der Waals surface area contributed by atoms with Crippen molar-refractivity contribution >= 4 is 45.6 Å². The number of ether oxygens (including phenoxy) is 1. The van der Waals surface area contributed by atoms with Crippen molar-refractivity contribution in [3.8, 4) is 11.8 Å². The van der Waals surface area contributed by atoms with Crippen LogP contribution >= 0.6 is 23.2 Å². The fourth-order valence-electron chi connectivity index (χ4n) is 2.21. The van der Waals surface area contributed by atoms with E-state index in [0.717, 1.165) is 10.9 Å². The minimum Gasteiger partial charge on any atom is -0.495 e. The van der Waals surface area contributed by atoms with Gasteiger partial charge in [-0.25, -0.2) is 4.98 Å². The standard InChI is InChI=1S/C17H11Cl2N3O/c1-23-16-8-15(12(18)7-13(16)19)22-17-11(9-20)6-10-4-2-3-5-14(10)21-17/h2-8H,1H3,(H,21,22). The molecule has 0 saturated carbocycles. The number of hydrogen-bond acceptors (Lipinski definition) is 4. The summed E-state index contributed by atoms with van der Waals surface area (Å²) in [4.78, 5) is 4.49. The predicted octanol–water partition coefficient (Wildman–Crippen LogP) is 5.17. The zero-order valence-electron chi connectivity index (χ0n) is 12.1. The second-order valence-corrected chi connectivity index (χ2v) is 5.60. The van der Waals surface area contributed by atoms with Gasteiger partial charge in [0.25, 0.3) is 0 Å². The number of fused-ring (bicyclic) bond motifs is 1. The van der Waals surface area contributed by atoms with Gasteiger partial charge in [-0.2, -0.15) is 5.26 Å². The van der Waals surface area contributed by atoms with Gasteiger partial charge in [-0.1, -0.05) is 41.4 Å². The second kappa shape index (κ2) is 6.33. The molecule has 114 valence electrons. The van der Waals surface area contributed by atoms with Crippen molar-refractivity contribution in [1.29, 1.82) is 5.26 Å². The lowest BCUT2D eigenvalue weighted by atomic mass is 10.1. The first kappa shape index (κ1) is 15.4. The van der Waals surface area contributed by atoms with E-state index in [-0.39, 0.29) is 0 Å². The number of benzene rings is 2. The lowest BCUT2D eigenvalue weighted by Gasteiger charge is -2.12.